The van der Waals surface area contributed by atoms with Gasteiger partial charge in [0.2, 0.25) is 0 Å². The summed E-state index contributed by atoms with van der Waals surface area (Å²) in [4.78, 5) is 17.4. The lowest BCUT2D eigenvalue weighted by Gasteiger charge is -2.40. The average molecular weight is 350 g/mol. The van der Waals surface area contributed by atoms with Gasteiger partial charge in [0.05, 0.1) is 7.11 Å². The number of carbonyl (C=O) groups is 1. The van der Waals surface area contributed by atoms with E-state index in [9.17, 15) is 4.79 Å². The zero-order valence-electron chi connectivity index (χ0n) is 15.4. The summed E-state index contributed by atoms with van der Waals surface area (Å²) in [7, 11) is 1.63. The van der Waals surface area contributed by atoms with Gasteiger partial charge >= 0.3 is 0 Å². The van der Waals surface area contributed by atoms with Crippen LogP contribution in [0, 0.1) is 0 Å². The largest absolute Gasteiger partial charge is 0.497 e. The van der Waals surface area contributed by atoms with Crippen molar-refractivity contribution in [1.82, 2.24) is 9.80 Å². The third-order valence-corrected chi connectivity index (χ3v) is 5.74. The average Bonchev–Trinajstić information content (AvgIpc) is 2.73. The topological polar surface area (TPSA) is 32.8 Å². The molecule has 2 aliphatic heterocycles. The summed E-state index contributed by atoms with van der Waals surface area (Å²) >= 11 is 0. The molecular formula is C22H26N2O2. The van der Waals surface area contributed by atoms with Gasteiger partial charge in [-0.25, -0.2) is 0 Å². The van der Waals surface area contributed by atoms with Crippen LogP contribution in [0.5, 0.6) is 5.75 Å². The summed E-state index contributed by atoms with van der Waals surface area (Å²) in [6.45, 7) is 3.84. The number of fused-ring (bicyclic) bond motifs is 1. The predicted molar refractivity (Wildman–Crippen MR) is 102 cm³/mol. The first-order valence-corrected chi connectivity index (χ1v) is 9.49. The molecule has 0 spiro atoms. The predicted octanol–water partition coefficient (Wildman–Crippen LogP) is 3.36. The van der Waals surface area contributed by atoms with E-state index < -0.39 is 0 Å². The molecule has 4 heteroatoms. The molecule has 2 aliphatic rings. The maximum Gasteiger partial charge on any atom is 0.253 e. The lowest BCUT2D eigenvalue weighted by molar-refractivity contribution is 0.0599. The summed E-state index contributed by atoms with van der Waals surface area (Å²) in [5, 5.41) is 0. The summed E-state index contributed by atoms with van der Waals surface area (Å²) in [6, 6.07) is 16.8. The normalized spacial score (nSPS) is 18.4. The van der Waals surface area contributed by atoms with E-state index in [-0.39, 0.29) is 5.91 Å². The fraction of sp³-hybridized carbons (Fsp3) is 0.409. The van der Waals surface area contributed by atoms with E-state index in [1.54, 1.807) is 7.11 Å². The quantitative estimate of drug-likeness (QED) is 0.851. The molecule has 0 bridgehead atoms. The number of nitrogens with zero attached hydrogens (tertiary/aromatic N) is 2. The van der Waals surface area contributed by atoms with E-state index >= 15 is 0 Å². The maximum atomic E-state index is 12.8. The third kappa shape index (κ3) is 3.47. The Morgan fingerprint density at radius 2 is 1.77 bits per heavy atom. The molecule has 0 N–H and O–H groups in total. The molecule has 1 fully saturated rings. The second-order valence-corrected chi connectivity index (χ2v) is 7.24. The molecular weight excluding hydrogens is 324 g/mol. The van der Waals surface area contributed by atoms with Crippen molar-refractivity contribution in [1.29, 1.82) is 0 Å². The smallest absolute Gasteiger partial charge is 0.253 e. The van der Waals surface area contributed by atoms with Crippen LogP contribution in [0.2, 0.25) is 0 Å². The number of rotatable bonds is 3. The minimum atomic E-state index is 0.117. The van der Waals surface area contributed by atoms with E-state index in [2.05, 4.69) is 29.2 Å². The van der Waals surface area contributed by atoms with Crippen LogP contribution in [0.4, 0.5) is 0 Å². The zero-order chi connectivity index (χ0) is 17.9. The summed E-state index contributed by atoms with van der Waals surface area (Å²) < 4.78 is 5.24. The van der Waals surface area contributed by atoms with Crippen LogP contribution in [-0.4, -0.2) is 48.5 Å². The molecule has 4 rings (SSSR count). The van der Waals surface area contributed by atoms with E-state index in [0.717, 1.165) is 56.8 Å². The van der Waals surface area contributed by atoms with Gasteiger partial charge in [-0.05, 0) is 48.6 Å². The molecule has 2 heterocycles. The Hall–Kier alpha value is -2.33. The van der Waals surface area contributed by atoms with Gasteiger partial charge in [-0.1, -0.05) is 30.3 Å². The molecule has 0 unspecified atom stereocenters. The number of hydrogen-bond acceptors (Lipinski definition) is 3. The van der Waals surface area contributed by atoms with E-state index in [4.69, 9.17) is 4.74 Å². The highest BCUT2D eigenvalue weighted by atomic mass is 16.5. The van der Waals surface area contributed by atoms with Gasteiger partial charge < -0.3 is 9.64 Å². The van der Waals surface area contributed by atoms with Crippen molar-refractivity contribution in [2.24, 2.45) is 0 Å². The molecule has 2 aromatic rings. The first kappa shape index (κ1) is 17.1. The number of likely N-dealkylation sites (tertiary alicyclic amines) is 1. The number of methoxy groups -OCH3 is 1. The molecule has 0 radical (unpaired) electrons. The Morgan fingerprint density at radius 3 is 2.54 bits per heavy atom. The van der Waals surface area contributed by atoms with E-state index in [0.29, 0.717) is 6.04 Å². The standard InChI is InChI=1S/C22H26N2O2/c1-26-21-8-4-7-18(15-21)22(25)23-13-10-20(11-14-23)24-12-9-17-5-2-3-6-19(17)16-24/h2-8,15,20H,9-14,16H2,1H3. The van der Waals surface area contributed by atoms with Gasteiger partial charge in [-0.15, -0.1) is 0 Å². The van der Waals surface area contributed by atoms with Crippen molar-refractivity contribution in [3.63, 3.8) is 0 Å². The van der Waals surface area contributed by atoms with Crippen molar-refractivity contribution in [2.45, 2.75) is 31.8 Å². The second kappa shape index (κ2) is 7.50. The van der Waals surface area contributed by atoms with E-state index in [1.165, 1.54) is 11.1 Å². The second-order valence-electron chi connectivity index (χ2n) is 7.24. The first-order valence-electron chi connectivity index (χ1n) is 9.49. The molecule has 1 amide bonds. The Labute approximate surface area is 155 Å². The third-order valence-electron chi connectivity index (χ3n) is 5.74. The van der Waals surface area contributed by atoms with Crippen molar-refractivity contribution < 1.29 is 9.53 Å². The molecule has 0 saturated carbocycles. The monoisotopic (exact) mass is 350 g/mol. The van der Waals surface area contributed by atoms with Crippen molar-refractivity contribution in [2.75, 3.05) is 26.7 Å². The van der Waals surface area contributed by atoms with Gasteiger partial charge in [-0.3, -0.25) is 9.69 Å². The van der Waals surface area contributed by atoms with E-state index in [1.807, 2.05) is 29.2 Å². The highest BCUT2D eigenvalue weighted by Crippen LogP contribution is 2.25. The summed E-state index contributed by atoms with van der Waals surface area (Å²) in [6.07, 6.45) is 3.24. The fourth-order valence-electron chi connectivity index (χ4n) is 4.20. The highest BCUT2D eigenvalue weighted by Gasteiger charge is 2.29. The Bertz CT molecular complexity index is 781. The summed E-state index contributed by atoms with van der Waals surface area (Å²) in [5.74, 6) is 0.851. The minimum absolute atomic E-state index is 0.117. The van der Waals surface area contributed by atoms with Crippen LogP contribution in [-0.2, 0) is 13.0 Å². The van der Waals surface area contributed by atoms with Gasteiger partial charge in [0.25, 0.3) is 5.91 Å². The zero-order valence-corrected chi connectivity index (χ0v) is 15.4. The summed E-state index contributed by atoms with van der Waals surface area (Å²) in [5.41, 5.74) is 3.68. The molecule has 0 atom stereocenters. The Balaban J connectivity index is 1.36. The van der Waals surface area contributed by atoms with Gasteiger partial charge in [-0.2, -0.15) is 0 Å². The van der Waals surface area contributed by atoms with Gasteiger partial charge in [0.15, 0.2) is 0 Å². The fourth-order valence-corrected chi connectivity index (χ4v) is 4.20. The van der Waals surface area contributed by atoms with Gasteiger partial charge in [0, 0.05) is 37.8 Å². The molecule has 4 nitrogen and oxygen atoms in total. The van der Waals surface area contributed by atoms with Crippen LogP contribution in [0.25, 0.3) is 0 Å². The van der Waals surface area contributed by atoms with Crippen molar-refractivity contribution >= 4 is 5.91 Å². The van der Waals surface area contributed by atoms with Crippen LogP contribution >= 0.6 is 0 Å². The lowest BCUT2D eigenvalue weighted by Crippen LogP contribution is -2.48. The number of benzene rings is 2. The number of piperidine rings is 1. The molecule has 0 aliphatic carbocycles. The molecule has 0 aromatic heterocycles. The minimum Gasteiger partial charge on any atom is -0.497 e. The highest BCUT2D eigenvalue weighted by molar-refractivity contribution is 5.94. The SMILES string of the molecule is COc1cccc(C(=O)N2CCC(N3CCc4ccccc4C3)CC2)c1. The van der Waals surface area contributed by atoms with Crippen LogP contribution in [0.3, 0.4) is 0 Å². The van der Waals surface area contributed by atoms with Crippen molar-refractivity contribution in [3.8, 4) is 5.75 Å². The number of carbonyl (C=O) groups excluding carboxylic acids is 1. The molecule has 136 valence electrons. The molecule has 2 aromatic carbocycles. The molecule has 26 heavy (non-hydrogen) atoms. The van der Waals surface area contributed by atoms with Crippen LogP contribution in [0.1, 0.15) is 34.3 Å². The lowest BCUT2D eigenvalue weighted by atomic mass is 9.95. The van der Waals surface area contributed by atoms with Crippen LogP contribution < -0.4 is 4.74 Å². The number of amides is 1. The number of hydrogen-bond donors (Lipinski definition) is 0. The molecule has 1 saturated heterocycles. The maximum absolute atomic E-state index is 12.8. The van der Waals surface area contributed by atoms with Crippen LogP contribution in [0.15, 0.2) is 48.5 Å². The number of ether oxygens (including phenoxy) is 1. The first-order chi connectivity index (χ1) is 12.7. The Kier molecular flexibility index (Phi) is 4.93. The Morgan fingerprint density at radius 1 is 1.00 bits per heavy atom. The van der Waals surface area contributed by atoms with Crippen molar-refractivity contribution in [3.05, 3.63) is 65.2 Å². The van der Waals surface area contributed by atoms with Gasteiger partial charge in [0.1, 0.15) is 5.75 Å².